The molecule has 6 atom stereocenters. The Morgan fingerprint density at radius 3 is 2.22 bits per heavy atom. The minimum absolute atomic E-state index is 0.0950. The molecule has 4 nitrogen and oxygen atoms in total. The first-order valence-electron chi connectivity index (χ1n) is 11.1. The van der Waals surface area contributed by atoms with E-state index in [9.17, 15) is 0 Å². The molecule has 3 aromatic carbocycles. The van der Waals surface area contributed by atoms with Crippen molar-refractivity contribution in [3.63, 3.8) is 0 Å². The molecule has 0 aliphatic carbocycles. The summed E-state index contributed by atoms with van der Waals surface area (Å²) in [4.78, 5) is 1.16. The third-order valence-corrected chi connectivity index (χ3v) is 7.18. The molecule has 32 heavy (non-hydrogen) atoms. The summed E-state index contributed by atoms with van der Waals surface area (Å²) in [7, 11) is 0. The molecule has 2 aliphatic heterocycles. The molecule has 0 bridgehead atoms. The smallest absolute Gasteiger partial charge is 0.184 e. The minimum atomic E-state index is -0.378. The molecule has 2 heterocycles. The molecule has 3 unspecified atom stereocenters. The van der Waals surface area contributed by atoms with Crippen LogP contribution in [0.25, 0.3) is 0 Å². The highest BCUT2D eigenvalue weighted by Crippen LogP contribution is 2.42. The second kappa shape index (κ2) is 10.2. The van der Waals surface area contributed by atoms with Gasteiger partial charge in [0, 0.05) is 16.4 Å². The maximum atomic E-state index is 6.54. The van der Waals surface area contributed by atoms with Gasteiger partial charge >= 0.3 is 0 Å². The fourth-order valence-corrected chi connectivity index (χ4v) is 5.56. The summed E-state index contributed by atoms with van der Waals surface area (Å²) >= 11 is 1.71. The topological polar surface area (TPSA) is 36.9 Å². The molecule has 0 N–H and O–H groups in total. The van der Waals surface area contributed by atoms with Crippen molar-refractivity contribution in [2.24, 2.45) is 5.92 Å². The van der Waals surface area contributed by atoms with E-state index >= 15 is 0 Å². The van der Waals surface area contributed by atoms with E-state index in [1.54, 1.807) is 11.8 Å². The van der Waals surface area contributed by atoms with Gasteiger partial charge in [-0.25, -0.2) is 0 Å². The summed E-state index contributed by atoms with van der Waals surface area (Å²) in [6, 6.07) is 30.7. The van der Waals surface area contributed by atoms with Crippen molar-refractivity contribution in [2.75, 3.05) is 6.61 Å². The van der Waals surface area contributed by atoms with E-state index in [2.05, 4.69) is 43.3 Å². The number of hydrogen-bond acceptors (Lipinski definition) is 5. The van der Waals surface area contributed by atoms with Crippen molar-refractivity contribution in [2.45, 2.75) is 48.5 Å². The quantitative estimate of drug-likeness (QED) is 0.474. The van der Waals surface area contributed by atoms with Gasteiger partial charge in [-0.2, -0.15) is 0 Å². The fraction of sp³-hybridized carbons (Fsp3) is 0.333. The van der Waals surface area contributed by atoms with Crippen LogP contribution in [0.4, 0.5) is 0 Å². The van der Waals surface area contributed by atoms with Crippen molar-refractivity contribution >= 4 is 11.8 Å². The van der Waals surface area contributed by atoms with Crippen LogP contribution in [-0.2, 0) is 25.6 Å². The first-order chi connectivity index (χ1) is 15.8. The first-order valence-corrected chi connectivity index (χ1v) is 12.0. The van der Waals surface area contributed by atoms with E-state index in [1.807, 2.05) is 54.6 Å². The van der Waals surface area contributed by atoms with Gasteiger partial charge in [0.15, 0.2) is 6.29 Å². The second-order valence-corrected chi connectivity index (χ2v) is 9.44. The van der Waals surface area contributed by atoms with E-state index in [0.29, 0.717) is 13.2 Å². The van der Waals surface area contributed by atoms with Crippen LogP contribution in [0.2, 0.25) is 0 Å². The average Bonchev–Trinajstić information content (AvgIpc) is 2.85. The molecule has 2 fully saturated rings. The molecule has 3 aromatic rings. The predicted molar refractivity (Wildman–Crippen MR) is 125 cm³/mol. The Morgan fingerprint density at radius 1 is 0.844 bits per heavy atom. The SMILES string of the molecule is C[C@@H]1C(OCc2ccccc2)[C@@H](Sc2ccccc2)OC2COC(c3ccccc3)O[C@H]21. The Morgan fingerprint density at radius 2 is 1.50 bits per heavy atom. The zero-order valence-corrected chi connectivity index (χ0v) is 18.9. The van der Waals surface area contributed by atoms with E-state index in [4.69, 9.17) is 18.9 Å². The maximum absolute atomic E-state index is 6.54. The fourth-order valence-electron chi connectivity index (χ4n) is 4.32. The molecule has 5 rings (SSSR count). The number of benzene rings is 3. The third kappa shape index (κ3) is 4.92. The molecular formula is C27H28O4S. The summed E-state index contributed by atoms with van der Waals surface area (Å²) in [6.07, 6.45) is -0.710. The summed E-state index contributed by atoms with van der Waals surface area (Å²) in [5.74, 6) is 0.147. The lowest BCUT2D eigenvalue weighted by atomic mass is 9.90. The maximum Gasteiger partial charge on any atom is 0.184 e. The van der Waals surface area contributed by atoms with Gasteiger partial charge in [-0.15, -0.1) is 0 Å². The van der Waals surface area contributed by atoms with Crippen LogP contribution in [0.5, 0.6) is 0 Å². The van der Waals surface area contributed by atoms with E-state index in [1.165, 1.54) is 0 Å². The number of fused-ring (bicyclic) bond motifs is 1. The summed E-state index contributed by atoms with van der Waals surface area (Å²) in [5, 5.41) is 0. The van der Waals surface area contributed by atoms with Gasteiger partial charge in [0.1, 0.15) is 11.5 Å². The van der Waals surface area contributed by atoms with Gasteiger partial charge in [-0.05, 0) is 17.7 Å². The molecule has 0 radical (unpaired) electrons. The van der Waals surface area contributed by atoms with Crippen LogP contribution in [0.3, 0.4) is 0 Å². The largest absolute Gasteiger partial charge is 0.370 e. The van der Waals surface area contributed by atoms with E-state index in [-0.39, 0.29) is 36.0 Å². The second-order valence-electron chi connectivity index (χ2n) is 8.27. The lowest BCUT2D eigenvalue weighted by molar-refractivity contribution is -0.311. The Kier molecular flexibility index (Phi) is 6.91. The highest BCUT2D eigenvalue weighted by molar-refractivity contribution is 7.99. The molecule has 0 saturated carbocycles. The summed E-state index contributed by atoms with van der Waals surface area (Å²) in [6.45, 7) is 3.26. The lowest BCUT2D eigenvalue weighted by Gasteiger charge is -2.48. The molecule has 0 aromatic heterocycles. The molecule has 2 saturated heterocycles. The van der Waals surface area contributed by atoms with Crippen molar-refractivity contribution in [3.05, 3.63) is 102 Å². The van der Waals surface area contributed by atoms with Crippen LogP contribution >= 0.6 is 11.8 Å². The Hall–Kier alpha value is -2.15. The van der Waals surface area contributed by atoms with Crippen LogP contribution in [0, 0.1) is 5.92 Å². The van der Waals surface area contributed by atoms with E-state index < -0.39 is 0 Å². The summed E-state index contributed by atoms with van der Waals surface area (Å²) in [5.41, 5.74) is 2.04. The van der Waals surface area contributed by atoms with Gasteiger partial charge in [0.25, 0.3) is 0 Å². The minimum Gasteiger partial charge on any atom is -0.370 e. The molecule has 2 aliphatic rings. The van der Waals surface area contributed by atoms with Crippen LogP contribution in [0.1, 0.15) is 24.3 Å². The standard InChI is InChI=1S/C27H28O4S/c1-19-24-23(18-29-26(31-24)21-13-7-3-8-14-21)30-27(32-22-15-9-4-10-16-22)25(19)28-17-20-11-5-2-6-12-20/h2-16,19,23-27H,17-18H2,1H3/t19-,23?,24-,25?,26?,27+/m0/s1. The van der Waals surface area contributed by atoms with Gasteiger partial charge in [-0.1, -0.05) is 97.5 Å². The van der Waals surface area contributed by atoms with Gasteiger partial charge < -0.3 is 18.9 Å². The molecule has 0 amide bonds. The monoisotopic (exact) mass is 448 g/mol. The van der Waals surface area contributed by atoms with Crippen molar-refractivity contribution in [1.82, 2.24) is 0 Å². The highest BCUT2D eigenvalue weighted by atomic mass is 32.2. The Balaban J connectivity index is 1.35. The number of thioether (sulfide) groups is 1. The number of ether oxygens (including phenoxy) is 4. The summed E-state index contributed by atoms with van der Waals surface area (Å²) < 4.78 is 25.5. The van der Waals surface area contributed by atoms with Crippen molar-refractivity contribution < 1.29 is 18.9 Å². The molecule has 0 spiro atoms. The normalized spacial score (nSPS) is 29.9. The first kappa shape index (κ1) is 21.7. The van der Waals surface area contributed by atoms with Gasteiger partial charge in [0.2, 0.25) is 0 Å². The average molecular weight is 449 g/mol. The van der Waals surface area contributed by atoms with Crippen LogP contribution in [-0.4, -0.2) is 30.4 Å². The number of hydrogen-bond donors (Lipinski definition) is 0. The van der Waals surface area contributed by atoms with Crippen LogP contribution in [0.15, 0.2) is 95.9 Å². The number of rotatable bonds is 6. The van der Waals surface area contributed by atoms with Crippen LogP contribution < -0.4 is 0 Å². The van der Waals surface area contributed by atoms with Gasteiger partial charge in [-0.3, -0.25) is 0 Å². The van der Waals surface area contributed by atoms with E-state index in [0.717, 1.165) is 16.0 Å². The Bertz CT molecular complexity index is 969. The predicted octanol–water partition coefficient (Wildman–Crippen LogP) is 5.84. The van der Waals surface area contributed by atoms with Crippen molar-refractivity contribution in [1.29, 1.82) is 0 Å². The van der Waals surface area contributed by atoms with Crippen molar-refractivity contribution in [3.8, 4) is 0 Å². The molecule has 5 heteroatoms. The molecular weight excluding hydrogens is 420 g/mol. The van der Waals surface area contributed by atoms with Gasteiger partial charge in [0.05, 0.1) is 25.4 Å². The third-order valence-electron chi connectivity index (χ3n) is 6.03. The Labute approximate surface area is 193 Å². The highest BCUT2D eigenvalue weighted by Gasteiger charge is 2.48. The zero-order chi connectivity index (χ0) is 21.8. The molecule has 166 valence electrons. The lowest BCUT2D eigenvalue weighted by Crippen LogP contribution is -2.57. The zero-order valence-electron chi connectivity index (χ0n) is 18.1.